The highest BCUT2D eigenvalue weighted by molar-refractivity contribution is 8.00. The first-order valence-corrected chi connectivity index (χ1v) is 14.5. The summed E-state index contributed by atoms with van der Waals surface area (Å²) in [4.78, 5) is 12.7. The van der Waals surface area contributed by atoms with Gasteiger partial charge in [0.1, 0.15) is 11.6 Å². The van der Waals surface area contributed by atoms with Crippen molar-refractivity contribution in [3.8, 4) is 11.3 Å². The lowest BCUT2D eigenvalue weighted by molar-refractivity contribution is -0.112. The molecule has 1 atom stereocenters. The Morgan fingerprint density at radius 3 is 2.56 bits per heavy atom. The Morgan fingerprint density at radius 1 is 1.17 bits per heavy atom. The summed E-state index contributed by atoms with van der Waals surface area (Å²) in [5, 5.41) is 32.2. The standard InChI is InChI=1S/C27H34N2O5S2/c1-34-16-29-22(18-10-6-3-7-11-18)21(17-8-4-2-5-9-17)25-23(29)20(24(36-25)26(30)31)15-28-14-19-12-13-35-27(19,32)33/h3,6-7,10-11,17,19,28,32-33H,2,4-5,8-9,12-16H2,1H3,(H,30,31). The first-order valence-electron chi connectivity index (χ1n) is 12.7. The van der Waals surface area contributed by atoms with Gasteiger partial charge in [0.15, 0.2) is 0 Å². The third kappa shape index (κ3) is 4.85. The number of fused-ring (bicyclic) bond motifs is 1. The summed E-state index contributed by atoms with van der Waals surface area (Å²) >= 11 is 2.52. The van der Waals surface area contributed by atoms with Crippen LogP contribution in [0.5, 0.6) is 0 Å². The van der Waals surface area contributed by atoms with Crippen molar-refractivity contribution in [3.63, 3.8) is 0 Å². The Kier molecular flexibility index (Phi) is 7.76. The van der Waals surface area contributed by atoms with E-state index in [9.17, 15) is 20.1 Å². The Labute approximate surface area is 219 Å². The van der Waals surface area contributed by atoms with Gasteiger partial charge in [0, 0.05) is 31.7 Å². The average molecular weight is 531 g/mol. The number of thiophene rings is 1. The van der Waals surface area contributed by atoms with Crippen LogP contribution in [0.4, 0.5) is 0 Å². The molecule has 3 aromatic rings. The van der Waals surface area contributed by atoms with Crippen LogP contribution >= 0.6 is 23.1 Å². The topological polar surface area (TPSA) is 104 Å². The van der Waals surface area contributed by atoms with Gasteiger partial charge in [0.05, 0.1) is 15.9 Å². The fourth-order valence-electron chi connectivity index (χ4n) is 5.83. The van der Waals surface area contributed by atoms with Crippen LogP contribution in [0.1, 0.15) is 65.2 Å². The van der Waals surface area contributed by atoms with Gasteiger partial charge in [0.2, 0.25) is 5.12 Å². The van der Waals surface area contributed by atoms with E-state index in [1.54, 1.807) is 7.11 Å². The molecule has 36 heavy (non-hydrogen) atoms. The molecule has 0 radical (unpaired) electrons. The van der Waals surface area contributed by atoms with E-state index in [1.807, 2.05) is 18.2 Å². The number of ether oxygens (including phenoxy) is 1. The zero-order valence-electron chi connectivity index (χ0n) is 20.5. The molecule has 194 valence electrons. The van der Waals surface area contributed by atoms with Gasteiger partial charge >= 0.3 is 5.97 Å². The quantitative estimate of drug-likeness (QED) is 0.282. The number of nitrogens with zero attached hydrogens (tertiary/aromatic N) is 1. The summed E-state index contributed by atoms with van der Waals surface area (Å²) in [6.45, 7) is 1.07. The SMILES string of the molecule is COCn1c(-c2ccccc2)c(C2CCCCC2)c2sc(C(=O)O)c(CNCC3CCSC3(O)O)c21. The van der Waals surface area contributed by atoms with Gasteiger partial charge in [-0.2, -0.15) is 0 Å². The minimum absolute atomic E-state index is 0.298. The Hall–Kier alpha value is -1.88. The van der Waals surface area contributed by atoms with Crippen molar-refractivity contribution >= 4 is 39.3 Å². The van der Waals surface area contributed by atoms with E-state index in [2.05, 4.69) is 22.0 Å². The minimum Gasteiger partial charge on any atom is -0.477 e. The molecule has 1 aliphatic heterocycles. The minimum atomic E-state index is -1.74. The summed E-state index contributed by atoms with van der Waals surface area (Å²) in [6.07, 6.45) is 6.54. The molecule has 0 bridgehead atoms. The first-order chi connectivity index (χ1) is 17.4. The number of carboxylic acids is 1. The first kappa shape index (κ1) is 25.8. The van der Waals surface area contributed by atoms with Crippen molar-refractivity contribution < 1.29 is 24.9 Å². The molecule has 0 amide bonds. The van der Waals surface area contributed by atoms with Crippen LogP contribution in [0, 0.1) is 5.92 Å². The maximum atomic E-state index is 12.4. The number of carbonyl (C=O) groups is 1. The highest BCUT2D eigenvalue weighted by Crippen LogP contribution is 2.48. The van der Waals surface area contributed by atoms with Crippen LogP contribution in [0.15, 0.2) is 30.3 Å². The molecule has 2 aromatic heterocycles. The second-order valence-corrected chi connectivity index (χ2v) is 12.1. The van der Waals surface area contributed by atoms with E-state index in [0.717, 1.165) is 51.6 Å². The van der Waals surface area contributed by atoms with Crippen LogP contribution in [0.3, 0.4) is 0 Å². The lowest BCUT2D eigenvalue weighted by Gasteiger charge is -2.23. The number of aromatic nitrogens is 1. The van der Waals surface area contributed by atoms with Crippen molar-refractivity contribution in [2.75, 3.05) is 19.4 Å². The van der Waals surface area contributed by atoms with Crippen molar-refractivity contribution in [1.29, 1.82) is 0 Å². The summed E-state index contributed by atoms with van der Waals surface area (Å²) in [5.74, 6) is -0.142. The molecule has 1 saturated carbocycles. The summed E-state index contributed by atoms with van der Waals surface area (Å²) < 4.78 is 8.87. The number of hydrogen-bond donors (Lipinski definition) is 4. The maximum Gasteiger partial charge on any atom is 0.346 e. The second kappa shape index (κ2) is 10.8. The number of aliphatic hydroxyl groups is 2. The molecule has 3 heterocycles. The predicted molar refractivity (Wildman–Crippen MR) is 144 cm³/mol. The zero-order chi connectivity index (χ0) is 25.3. The molecule has 9 heteroatoms. The van der Waals surface area contributed by atoms with Gasteiger partial charge in [-0.25, -0.2) is 4.79 Å². The van der Waals surface area contributed by atoms with E-state index in [-0.39, 0.29) is 5.92 Å². The number of aromatic carboxylic acids is 1. The van der Waals surface area contributed by atoms with Gasteiger partial charge < -0.3 is 29.9 Å². The Balaban J connectivity index is 1.63. The predicted octanol–water partition coefficient (Wildman–Crippen LogP) is 5.20. The molecule has 1 aliphatic carbocycles. The smallest absolute Gasteiger partial charge is 0.346 e. The van der Waals surface area contributed by atoms with Crippen LogP contribution < -0.4 is 5.32 Å². The van der Waals surface area contributed by atoms with Gasteiger partial charge in [-0.1, -0.05) is 61.4 Å². The number of hydrogen-bond acceptors (Lipinski definition) is 7. The van der Waals surface area contributed by atoms with Gasteiger partial charge in [-0.3, -0.25) is 0 Å². The fraction of sp³-hybridized carbons (Fsp3) is 0.519. The van der Waals surface area contributed by atoms with Crippen molar-refractivity contribution in [2.45, 2.75) is 62.8 Å². The largest absolute Gasteiger partial charge is 0.477 e. The number of nitrogens with one attached hydrogen (secondary N) is 1. The van der Waals surface area contributed by atoms with Gasteiger partial charge in [0.25, 0.3) is 0 Å². The lowest BCUT2D eigenvalue weighted by Crippen LogP contribution is -2.36. The van der Waals surface area contributed by atoms with E-state index in [4.69, 9.17) is 4.74 Å². The molecule has 7 nitrogen and oxygen atoms in total. The van der Waals surface area contributed by atoms with Crippen molar-refractivity contribution in [1.82, 2.24) is 9.88 Å². The van der Waals surface area contributed by atoms with Crippen LogP contribution in [0.2, 0.25) is 0 Å². The zero-order valence-corrected chi connectivity index (χ0v) is 22.2. The van der Waals surface area contributed by atoms with E-state index >= 15 is 0 Å². The highest BCUT2D eigenvalue weighted by Gasteiger charge is 2.40. The third-order valence-electron chi connectivity index (χ3n) is 7.54. The van der Waals surface area contributed by atoms with E-state index in [1.165, 1.54) is 36.2 Å². The van der Waals surface area contributed by atoms with Gasteiger partial charge in [-0.15, -0.1) is 11.3 Å². The molecule has 2 fully saturated rings. The monoisotopic (exact) mass is 530 g/mol. The average Bonchev–Trinajstić information content (AvgIpc) is 3.51. The molecule has 4 N–H and O–H groups in total. The molecule has 1 aromatic carbocycles. The molecule has 2 aliphatic rings. The molecule has 1 unspecified atom stereocenters. The van der Waals surface area contributed by atoms with Crippen LogP contribution in [-0.2, 0) is 18.0 Å². The normalized spacial score (nSPS) is 20.4. The summed E-state index contributed by atoms with van der Waals surface area (Å²) in [6, 6.07) is 10.3. The van der Waals surface area contributed by atoms with Gasteiger partial charge in [-0.05, 0) is 42.1 Å². The van der Waals surface area contributed by atoms with Crippen molar-refractivity contribution in [2.24, 2.45) is 5.92 Å². The van der Waals surface area contributed by atoms with Crippen molar-refractivity contribution in [3.05, 3.63) is 46.3 Å². The molecule has 5 rings (SSSR count). The summed E-state index contributed by atoms with van der Waals surface area (Å²) in [5.41, 5.74) is 5.16. The molecular formula is C27H34N2O5S2. The Morgan fingerprint density at radius 2 is 1.92 bits per heavy atom. The van der Waals surface area contributed by atoms with Crippen LogP contribution in [0.25, 0.3) is 21.5 Å². The number of carboxylic acid groups (broad SMARTS) is 1. The Bertz CT molecular complexity index is 1210. The molecule has 0 spiro atoms. The maximum absolute atomic E-state index is 12.4. The lowest BCUT2D eigenvalue weighted by atomic mass is 9.83. The van der Waals surface area contributed by atoms with E-state index in [0.29, 0.717) is 42.8 Å². The molecule has 1 saturated heterocycles. The van der Waals surface area contributed by atoms with E-state index < -0.39 is 11.1 Å². The number of methoxy groups -OCH3 is 1. The highest BCUT2D eigenvalue weighted by atomic mass is 32.2. The second-order valence-electron chi connectivity index (χ2n) is 9.83. The number of thioether (sulfide) groups is 1. The molecular weight excluding hydrogens is 496 g/mol. The number of benzene rings is 1. The number of rotatable bonds is 9. The fourth-order valence-corrected chi connectivity index (χ4v) is 8.25. The summed E-state index contributed by atoms with van der Waals surface area (Å²) in [7, 11) is 1.67. The van der Waals surface area contributed by atoms with Crippen LogP contribution in [-0.4, -0.2) is 50.4 Å². The third-order valence-corrected chi connectivity index (χ3v) is 9.98.